The van der Waals surface area contributed by atoms with Crippen LogP contribution in [-0.4, -0.2) is 11.0 Å². The van der Waals surface area contributed by atoms with Crippen molar-refractivity contribution in [3.63, 3.8) is 0 Å². The molecule has 0 unspecified atom stereocenters. The molecule has 0 amide bonds. The average molecular weight is 535 g/mol. The maximum Gasteiger partial charge on any atom is 0.243 e. The Bertz CT molecular complexity index is 573. The fourth-order valence-corrected chi connectivity index (χ4v) is 5.33. The summed E-state index contributed by atoms with van der Waals surface area (Å²) < 4.78 is 4.80. The van der Waals surface area contributed by atoms with Crippen LogP contribution < -0.4 is 9.67 Å². The lowest BCUT2D eigenvalue weighted by atomic mass is 10.0. The molecule has 224 valence electrons. The van der Waals surface area contributed by atoms with Crippen LogP contribution >= 0.6 is 0 Å². The molecular weight excluding hydrogens is 468 g/mol. The molecule has 0 radical (unpaired) electrons. The van der Waals surface area contributed by atoms with Gasteiger partial charge in [-0.2, -0.15) is 0 Å². The number of nitrogens with zero attached hydrogens (tertiary/aromatic N) is 2. The van der Waals surface area contributed by atoms with Gasteiger partial charge in [-0.15, -0.1) is 0 Å². The summed E-state index contributed by atoms with van der Waals surface area (Å²) in [6.07, 6.45) is 44.2. The molecule has 0 atom stereocenters. The van der Waals surface area contributed by atoms with E-state index in [4.69, 9.17) is 9.90 Å². The van der Waals surface area contributed by atoms with Crippen molar-refractivity contribution < 1.29 is 14.5 Å². The molecule has 4 nitrogen and oxygen atoms in total. The van der Waals surface area contributed by atoms with Crippen molar-refractivity contribution in [2.75, 3.05) is 0 Å². The molecule has 0 aliphatic carbocycles. The van der Waals surface area contributed by atoms with E-state index in [0.717, 1.165) is 0 Å². The average Bonchev–Trinajstić information content (AvgIpc) is 3.37. The first-order valence-electron chi connectivity index (χ1n) is 16.9. The monoisotopic (exact) mass is 535 g/mol. The number of imidazole rings is 1. The highest BCUT2D eigenvalue weighted by Gasteiger charge is 2.03. The van der Waals surface area contributed by atoms with E-state index in [0.29, 0.717) is 0 Å². The summed E-state index contributed by atoms with van der Waals surface area (Å²) in [6.45, 7) is 6.50. The molecule has 38 heavy (non-hydrogen) atoms. The van der Waals surface area contributed by atoms with Crippen LogP contribution in [0, 0.1) is 0 Å². The van der Waals surface area contributed by atoms with Gasteiger partial charge in [0.2, 0.25) is 6.33 Å². The Hall–Kier alpha value is -1.32. The number of carbonyl (C=O) groups excluding carboxylic acids is 1. The van der Waals surface area contributed by atoms with Crippen LogP contribution in [0.1, 0.15) is 181 Å². The fourth-order valence-electron chi connectivity index (χ4n) is 5.33. The Labute approximate surface area is 238 Å². The number of hydrogen-bond donors (Lipinski definition) is 0. The van der Waals surface area contributed by atoms with E-state index in [1.807, 2.05) is 0 Å². The van der Waals surface area contributed by atoms with Gasteiger partial charge in [-0.3, -0.25) is 0 Å². The molecule has 1 heterocycles. The van der Waals surface area contributed by atoms with Gasteiger partial charge < -0.3 is 9.90 Å². The highest BCUT2D eigenvalue weighted by Crippen LogP contribution is 2.14. The minimum absolute atomic E-state index is 0.500. The van der Waals surface area contributed by atoms with Crippen molar-refractivity contribution in [3.8, 4) is 0 Å². The molecule has 4 heteroatoms. The van der Waals surface area contributed by atoms with Gasteiger partial charge in [0.15, 0.2) is 0 Å². The Morgan fingerprint density at radius 2 is 0.868 bits per heavy atom. The molecule has 1 aromatic rings. The van der Waals surface area contributed by atoms with E-state index in [2.05, 4.69) is 41.7 Å². The lowest BCUT2D eigenvalue weighted by Gasteiger charge is -2.03. The standard InChI is InChI=1S/C33H65N2.CH2O2/c1-3-5-7-9-11-13-15-16-17-18-19-20-22-24-26-28-30-35-32-31-34(33-35)29-27-25-23-21-14-12-10-8-6-4-2;2-1-3/h31-33H,3-30H2,1-2H3;1H,(H,2,3)/q+1;/p-1. The lowest BCUT2D eigenvalue weighted by molar-refractivity contribution is -0.696. The smallest absolute Gasteiger partial charge is 0.243 e. The van der Waals surface area contributed by atoms with Crippen LogP contribution in [0.3, 0.4) is 0 Å². The van der Waals surface area contributed by atoms with Crippen molar-refractivity contribution in [1.82, 2.24) is 4.57 Å². The summed E-state index contributed by atoms with van der Waals surface area (Å²) in [5, 5.41) is 8.25. The van der Waals surface area contributed by atoms with Gasteiger partial charge >= 0.3 is 0 Å². The molecule has 0 saturated heterocycles. The SMILES string of the molecule is CCCCCCCCCCCCCCCCCC[n+]1ccn(CCCCCCCCCCCC)c1.O=C[O-]. The van der Waals surface area contributed by atoms with E-state index in [1.165, 1.54) is 180 Å². The third kappa shape index (κ3) is 27.7. The maximum atomic E-state index is 8.25. The second-order valence-corrected chi connectivity index (χ2v) is 11.5. The van der Waals surface area contributed by atoms with Crippen molar-refractivity contribution >= 4 is 6.47 Å². The van der Waals surface area contributed by atoms with E-state index in [1.54, 1.807) is 0 Å². The number of aromatic nitrogens is 2. The quantitative estimate of drug-likeness (QED) is 0.0611. The van der Waals surface area contributed by atoms with Crippen molar-refractivity contribution in [3.05, 3.63) is 18.7 Å². The van der Waals surface area contributed by atoms with Crippen LogP contribution in [-0.2, 0) is 17.9 Å². The highest BCUT2D eigenvalue weighted by atomic mass is 16.3. The Morgan fingerprint density at radius 3 is 1.24 bits per heavy atom. The van der Waals surface area contributed by atoms with Crippen LogP contribution in [0.15, 0.2) is 18.7 Å². The summed E-state index contributed by atoms with van der Waals surface area (Å²) in [6, 6.07) is 0. The molecule has 1 rings (SSSR count). The summed E-state index contributed by atoms with van der Waals surface area (Å²) in [7, 11) is 0. The fraction of sp³-hybridized carbons (Fsp3) is 0.882. The van der Waals surface area contributed by atoms with Gasteiger partial charge in [0.25, 0.3) is 0 Å². The number of aryl methyl sites for hydroxylation is 2. The minimum atomic E-state index is -0.500. The molecule has 1 aromatic heterocycles. The first-order chi connectivity index (χ1) is 18.8. The minimum Gasteiger partial charge on any atom is -0.554 e. The summed E-state index contributed by atoms with van der Waals surface area (Å²) in [5.41, 5.74) is 0. The number of hydrogen-bond acceptors (Lipinski definition) is 2. The lowest BCUT2D eigenvalue weighted by Crippen LogP contribution is -2.30. The molecule has 0 aliphatic heterocycles. The van der Waals surface area contributed by atoms with E-state index < -0.39 is 6.47 Å². The van der Waals surface area contributed by atoms with Crippen LogP contribution in [0.4, 0.5) is 0 Å². The molecule has 0 bridgehead atoms. The van der Waals surface area contributed by atoms with Gasteiger partial charge in [0.1, 0.15) is 12.4 Å². The third-order valence-corrected chi connectivity index (χ3v) is 7.79. The molecule has 0 saturated carbocycles. The Morgan fingerprint density at radius 1 is 0.553 bits per heavy atom. The molecule has 0 N–H and O–H groups in total. The maximum absolute atomic E-state index is 8.25. The second kappa shape index (κ2) is 31.9. The molecule has 0 fully saturated rings. The zero-order chi connectivity index (χ0) is 27.8. The summed E-state index contributed by atoms with van der Waals surface area (Å²) >= 11 is 0. The van der Waals surface area contributed by atoms with E-state index >= 15 is 0 Å². The molecule has 0 aliphatic rings. The van der Waals surface area contributed by atoms with Crippen molar-refractivity contribution in [2.24, 2.45) is 0 Å². The first-order valence-corrected chi connectivity index (χ1v) is 16.9. The third-order valence-electron chi connectivity index (χ3n) is 7.79. The zero-order valence-electron chi connectivity index (χ0n) is 25.8. The predicted molar refractivity (Wildman–Crippen MR) is 162 cm³/mol. The van der Waals surface area contributed by atoms with Crippen LogP contribution in [0.25, 0.3) is 0 Å². The van der Waals surface area contributed by atoms with Gasteiger partial charge in [-0.1, -0.05) is 155 Å². The highest BCUT2D eigenvalue weighted by molar-refractivity contribution is 5.29. The topological polar surface area (TPSA) is 48.9 Å². The number of carbonyl (C=O) groups is 1. The Kier molecular flexibility index (Phi) is 30.8. The van der Waals surface area contributed by atoms with Gasteiger partial charge in [0.05, 0.1) is 13.1 Å². The van der Waals surface area contributed by atoms with Gasteiger partial charge in [0, 0.05) is 6.47 Å². The Balaban J connectivity index is 0.00000434. The predicted octanol–water partition coefficient (Wildman–Crippen LogP) is 9.32. The first kappa shape index (κ1) is 36.7. The van der Waals surface area contributed by atoms with E-state index in [-0.39, 0.29) is 0 Å². The molecule has 0 spiro atoms. The largest absolute Gasteiger partial charge is 0.554 e. The summed E-state index contributed by atoms with van der Waals surface area (Å²) in [5.74, 6) is 0. The van der Waals surface area contributed by atoms with Crippen LogP contribution in [0.5, 0.6) is 0 Å². The van der Waals surface area contributed by atoms with Crippen molar-refractivity contribution in [2.45, 2.75) is 194 Å². The zero-order valence-corrected chi connectivity index (χ0v) is 25.8. The number of rotatable bonds is 28. The molecular formula is C34H66N2O2. The normalized spacial score (nSPS) is 10.9. The molecule has 0 aromatic carbocycles. The van der Waals surface area contributed by atoms with Crippen LogP contribution in [0.2, 0.25) is 0 Å². The van der Waals surface area contributed by atoms with Crippen molar-refractivity contribution in [1.29, 1.82) is 0 Å². The van der Waals surface area contributed by atoms with Gasteiger partial charge in [-0.25, -0.2) is 9.13 Å². The second-order valence-electron chi connectivity index (χ2n) is 11.5. The van der Waals surface area contributed by atoms with E-state index in [9.17, 15) is 0 Å². The summed E-state index contributed by atoms with van der Waals surface area (Å²) in [4.78, 5) is 8.25. The number of carboxylic acid groups (broad SMARTS) is 1. The van der Waals surface area contributed by atoms with Gasteiger partial charge in [-0.05, 0) is 25.7 Å². The number of unbranched alkanes of at least 4 members (excludes halogenated alkanes) is 24.